The number of amides is 2. The van der Waals surface area contributed by atoms with Crippen LogP contribution in [0.4, 0.5) is 5.13 Å². The Morgan fingerprint density at radius 3 is 2.56 bits per heavy atom. The van der Waals surface area contributed by atoms with Gasteiger partial charge in [-0.1, -0.05) is 73.0 Å². The molecule has 0 aliphatic heterocycles. The minimum absolute atomic E-state index is 0.0712. The average molecular weight is 546 g/mol. The highest BCUT2D eigenvalue weighted by atomic mass is 79.9. The van der Waals surface area contributed by atoms with Crippen LogP contribution in [0.2, 0.25) is 0 Å². The van der Waals surface area contributed by atoms with Crippen molar-refractivity contribution in [1.29, 1.82) is 0 Å². The molecule has 1 heterocycles. The smallest absolute Gasteiger partial charge is 0.251 e. The lowest BCUT2D eigenvalue weighted by Crippen LogP contribution is -2.47. The van der Waals surface area contributed by atoms with Gasteiger partial charge in [0.15, 0.2) is 0 Å². The van der Waals surface area contributed by atoms with Crippen LogP contribution in [-0.2, 0) is 4.79 Å². The van der Waals surface area contributed by atoms with Gasteiger partial charge in [0.25, 0.3) is 5.91 Å². The minimum atomic E-state index is -0.712. The standard InChI is InChI=1S/C25H29BrN4O3S/c1-4-6-14-33-20-12-10-17(11-13-20)22(31)27-21(16(3)5-2)23(32)28-25-30-29-24(34-25)18-8-7-9-19(26)15-18/h7-13,15-16,21H,4-6,14H2,1-3H3,(H,27,31)(H,28,30,32). The molecule has 180 valence electrons. The molecular weight excluding hydrogens is 516 g/mol. The van der Waals surface area contributed by atoms with E-state index in [-0.39, 0.29) is 17.7 Å². The lowest BCUT2D eigenvalue weighted by molar-refractivity contribution is -0.119. The molecule has 7 nitrogen and oxygen atoms in total. The lowest BCUT2D eigenvalue weighted by Gasteiger charge is -2.23. The van der Waals surface area contributed by atoms with Crippen molar-refractivity contribution < 1.29 is 14.3 Å². The summed E-state index contributed by atoms with van der Waals surface area (Å²) in [5.41, 5.74) is 1.37. The third kappa shape index (κ3) is 7.11. The second kappa shape index (κ2) is 12.6. The first-order valence-corrected chi connectivity index (χ1v) is 13.0. The largest absolute Gasteiger partial charge is 0.494 e. The maximum Gasteiger partial charge on any atom is 0.251 e. The Bertz CT molecular complexity index is 1100. The van der Waals surface area contributed by atoms with E-state index in [1.54, 1.807) is 24.3 Å². The monoisotopic (exact) mass is 544 g/mol. The highest BCUT2D eigenvalue weighted by Gasteiger charge is 2.27. The Labute approximate surface area is 212 Å². The molecule has 3 rings (SSSR count). The van der Waals surface area contributed by atoms with Gasteiger partial charge in [-0.25, -0.2) is 0 Å². The second-order valence-corrected chi connectivity index (χ2v) is 9.87. The Hall–Kier alpha value is -2.78. The summed E-state index contributed by atoms with van der Waals surface area (Å²) in [4.78, 5) is 25.9. The average Bonchev–Trinajstić information content (AvgIpc) is 3.31. The number of nitrogens with one attached hydrogen (secondary N) is 2. The van der Waals surface area contributed by atoms with Gasteiger partial charge in [-0.05, 0) is 48.7 Å². The van der Waals surface area contributed by atoms with Gasteiger partial charge in [0, 0.05) is 15.6 Å². The van der Waals surface area contributed by atoms with Crippen LogP contribution >= 0.6 is 27.3 Å². The van der Waals surface area contributed by atoms with E-state index in [2.05, 4.69) is 43.7 Å². The molecule has 0 radical (unpaired) electrons. The van der Waals surface area contributed by atoms with E-state index >= 15 is 0 Å². The Kier molecular flexibility index (Phi) is 9.59. The molecule has 0 saturated heterocycles. The number of rotatable bonds is 11. The fraction of sp³-hybridized carbons (Fsp3) is 0.360. The summed E-state index contributed by atoms with van der Waals surface area (Å²) < 4.78 is 6.59. The minimum Gasteiger partial charge on any atom is -0.494 e. The van der Waals surface area contributed by atoms with Gasteiger partial charge < -0.3 is 10.1 Å². The molecule has 0 aliphatic rings. The van der Waals surface area contributed by atoms with Crippen LogP contribution in [0, 0.1) is 5.92 Å². The molecule has 0 aliphatic carbocycles. The molecule has 0 spiro atoms. The number of hydrogen-bond acceptors (Lipinski definition) is 6. The van der Waals surface area contributed by atoms with Crippen LogP contribution < -0.4 is 15.4 Å². The second-order valence-electron chi connectivity index (χ2n) is 7.98. The molecule has 1 aromatic heterocycles. The molecule has 0 fully saturated rings. The molecular formula is C25H29BrN4O3S. The van der Waals surface area contributed by atoms with Crippen LogP contribution in [0.25, 0.3) is 10.6 Å². The van der Waals surface area contributed by atoms with Crippen LogP contribution in [0.15, 0.2) is 53.0 Å². The summed E-state index contributed by atoms with van der Waals surface area (Å²) in [6, 6.07) is 14.0. The zero-order valence-corrected chi connectivity index (χ0v) is 21.9. The zero-order chi connectivity index (χ0) is 24.5. The van der Waals surface area contributed by atoms with Crippen molar-refractivity contribution in [2.24, 2.45) is 5.92 Å². The number of ether oxygens (including phenoxy) is 1. The summed E-state index contributed by atoms with van der Waals surface area (Å²) in [5, 5.41) is 15.1. The fourth-order valence-corrected chi connectivity index (χ4v) is 4.30. The predicted molar refractivity (Wildman–Crippen MR) is 139 cm³/mol. The van der Waals surface area contributed by atoms with E-state index in [1.807, 2.05) is 38.1 Å². The third-order valence-electron chi connectivity index (χ3n) is 5.39. The van der Waals surface area contributed by atoms with Gasteiger partial charge in [0.1, 0.15) is 16.8 Å². The van der Waals surface area contributed by atoms with Crippen molar-refractivity contribution in [2.45, 2.75) is 46.1 Å². The summed E-state index contributed by atoms with van der Waals surface area (Å²) in [5.74, 6) is 0.0172. The molecule has 2 aromatic carbocycles. The summed E-state index contributed by atoms with van der Waals surface area (Å²) >= 11 is 4.73. The number of carbonyl (C=O) groups excluding carboxylic acids is 2. The van der Waals surface area contributed by atoms with Gasteiger partial charge in [-0.3, -0.25) is 14.9 Å². The van der Waals surface area contributed by atoms with Crippen LogP contribution in [-0.4, -0.2) is 34.7 Å². The molecule has 2 unspecified atom stereocenters. The van der Waals surface area contributed by atoms with E-state index in [4.69, 9.17) is 4.74 Å². The van der Waals surface area contributed by atoms with Crippen LogP contribution in [0.3, 0.4) is 0 Å². The summed E-state index contributed by atoms with van der Waals surface area (Å²) in [6.07, 6.45) is 2.76. The van der Waals surface area contributed by atoms with Gasteiger partial charge in [0.05, 0.1) is 6.61 Å². The highest BCUT2D eigenvalue weighted by molar-refractivity contribution is 9.10. The number of unbranched alkanes of at least 4 members (excludes halogenated alkanes) is 1. The lowest BCUT2D eigenvalue weighted by atomic mass is 9.98. The first kappa shape index (κ1) is 25.8. The van der Waals surface area contributed by atoms with Crippen molar-refractivity contribution >= 4 is 44.2 Å². The topological polar surface area (TPSA) is 93.2 Å². The maximum atomic E-state index is 13.1. The quantitative estimate of drug-likeness (QED) is 0.292. The number of nitrogens with zero attached hydrogens (tertiary/aromatic N) is 2. The number of benzene rings is 2. The molecule has 2 amide bonds. The first-order chi connectivity index (χ1) is 16.4. The van der Waals surface area contributed by atoms with Gasteiger partial charge in [-0.2, -0.15) is 0 Å². The van der Waals surface area contributed by atoms with Crippen LogP contribution in [0.5, 0.6) is 5.75 Å². The Balaban J connectivity index is 1.66. The van der Waals surface area contributed by atoms with Crippen LogP contribution in [0.1, 0.15) is 50.4 Å². The zero-order valence-electron chi connectivity index (χ0n) is 19.5. The van der Waals surface area contributed by atoms with Gasteiger partial charge in [-0.15, -0.1) is 10.2 Å². The molecule has 2 atom stereocenters. The SMILES string of the molecule is CCCCOc1ccc(C(=O)NC(C(=O)Nc2nnc(-c3cccc(Br)c3)s2)C(C)CC)cc1. The molecule has 0 bridgehead atoms. The summed E-state index contributed by atoms with van der Waals surface area (Å²) in [7, 11) is 0. The Morgan fingerprint density at radius 2 is 1.88 bits per heavy atom. The van der Waals surface area contributed by atoms with Crippen molar-refractivity contribution in [3.05, 3.63) is 58.6 Å². The molecule has 9 heteroatoms. The number of hydrogen-bond donors (Lipinski definition) is 2. The predicted octanol–water partition coefficient (Wildman–Crippen LogP) is 5.93. The van der Waals surface area contributed by atoms with Crippen molar-refractivity contribution in [3.8, 4) is 16.3 Å². The molecule has 34 heavy (non-hydrogen) atoms. The van der Waals surface area contributed by atoms with E-state index < -0.39 is 6.04 Å². The first-order valence-electron chi connectivity index (χ1n) is 11.3. The van der Waals surface area contributed by atoms with Gasteiger partial charge >= 0.3 is 0 Å². The number of anilines is 1. The summed E-state index contributed by atoms with van der Waals surface area (Å²) in [6.45, 7) is 6.66. The number of carbonyl (C=O) groups is 2. The molecule has 2 N–H and O–H groups in total. The maximum absolute atomic E-state index is 13.1. The van der Waals surface area contributed by atoms with Crippen molar-refractivity contribution in [2.75, 3.05) is 11.9 Å². The van der Waals surface area contributed by atoms with E-state index in [1.165, 1.54) is 11.3 Å². The van der Waals surface area contributed by atoms with Crippen molar-refractivity contribution in [1.82, 2.24) is 15.5 Å². The molecule has 3 aromatic rings. The van der Waals surface area contributed by atoms with E-state index in [9.17, 15) is 9.59 Å². The van der Waals surface area contributed by atoms with E-state index in [0.717, 1.165) is 35.0 Å². The Morgan fingerprint density at radius 1 is 1.12 bits per heavy atom. The molecule has 0 saturated carbocycles. The number of aromatic nitrogens is 2. The normalized spacial score (nSPS) is 12.6. The van der Waals surface area contributed by atoms with Crippen molar-refractivity contribution in [3.63, 3.8) is 0 Å². The third-order valence-corrected chi connectivity index (χ3v) is 6.77. The van der Waals surface area contributed by atoms with E-state index in [0.29, 0.717) is 22.3 Å². The fourth-order valence-electron chi connectivity index (χ4n) is 3.16. The van der Waals surface area contributed by atoms with Gasteiger partial charge in [0.2, 0.25) is 11.0 Å². The number of halogens is 1. The highest BCUT2D eigenvalue weighted by Crippen LogP contribution is 2.28.